The molecule has 1 aromatic carbocycles. The third-order valence-corrected chi connectivity index (χ3v) is 8.92. The van der Waals surface area contributed by atoms with Crippen molar-refractivity contribution in [1.82, 2.24) is 14.8 Å². The Bertz CT molecular complexity index is 1220. The number of hydrogen-bond acceptors (Lipinski definition) is 7. The first-order chi connectivity index (χ1) is 19.5. The van der Waals surface area contributed by atoms with Crippen molar-refractivity contribution in [2.45, 2.75) is 63.1 Å². The standard InChI is InChI=1S/C29H36F4N4O4/c30-23-12-19(2-4-22(23)27(40)37-15-21(38)13-24(37)26(34)39)20-3-5-25(35-14-20)41-16-18-6-10-36(11-7-18)17-28(8-1-9-28)29(31,32)33/h2-5,12,14,18,21,24,27,38,40H,1,6-11,13,15-17H2,(H2,34,39)/t21-,24+,27?/m1/s1. The first-order valence-electron chi connectivity index (χ1n) is 14.0. The predicted octanol–water partition coefficient (Wildman–Crippen LogP) is 3.62. The normalized spacial score (nSPS) is 24.6. The molecule has 2 aliphatic heterocycles. The smallest absolute Gasteiger partial charge is 0.395 e. The Hall–Kier alpha value is -2.80. The zero-order valence-corrected chi connectivity index (χ0v) is 22.7. The molecule has 12 heteroatoms. The van der Waals surface area contributed by atoms with E-state index < -0.39 is 41.7 Å². The summed E-state index contributed by atoms with van der Waals surface area (Å²) in [7, 11) is 0. The average molecular weight is 581 g/mol. The number of likely N-dealkylation sites (tertiary alicyclic amines) is 2. The summed E-state index contributed by atoms with van der Waals surface area (Å²) in [6.07, 6.45) is -2.18. The molecule has 0 bridgehead atoms. The van der Waals surface area contributed by atoms with Gasteiger partial charge in [0, 0.05) is 36.5 Å². The van der Waals surface area contributed by atoms with E-state index >= 15 is 4.39 Å². The number of carbonyl (C=O) groups excluding carboxylic acids is 1. The Morgan fingerprint density at radius 1 is 1.17 bits per heavy atom. The van der Waals surface area contributed by atoms with E-state index in [9.17, 15) is 28.2 Å². The highest BCUT2D eigenvalue weighted by atomic mass is 19.4. The molecule has 0 radical (unpaired) electrons. The van der Waals surface area contributed by atoms with Crippen molar-refractivity contribution < 1.29 is 37.3 Å². The van der Waals surface area contributed by atoms with Crippen molar-refractivity contribution in [1.29, 1.82) is 0 Å². The number of aromatic nitrogens is 1. The zero-order chi connectivity index (χ0) is 29.4. The van der Waals surface area contributed by atoms with Crippen LogP contribution in [0.4, 0.5) is 17.6 Å². The van der Waals surface area contributed by atoms with E-state index in [0.717, 1.165) is 12.8 Å². The molecule has 5 rings (SSSR count). The van der Waals surface area contributed by atoms with Gasteiger partial charge in [-0.05, 0) is 68.8 Å². The summed E-state index contributed by atoms with van der Waals surface area (Å²) in [5, 5.41) is 20.6. The van der Waals surface area contributed by atoms with E-state index in [1.165, 1.54) is 17.0 Å². The Kier molecular flexibility index (Phi) is 8.56. The number of aliphatic hydroxyl groups excluding tert-OH is 2. The van der Waals surface area contributed by atoms with Gasteiger partial charge in [0.2, 0.25) is 11.8 Å². The Morgan fingerprint density at radius 2 is 1.88 bits per heavy atom. The molecule has 1 aromatic heterocycles. The largest absolute Gasteiger partial charge is 0.477 e. The van der Waals surface area contributed by atoms with Gasteiger partial charge in [-0.15, -0.1) is 0 Å². The summed E-state index contributed by atoms with van der Waals surface area (Å²) in [4.78, 5) is 19.2. The third-order valence-electron chi connectivity index (χ3n) is 8.92. The molecule has 0 spiro atoms. The van der Waals surface area contributed by atoms with E-state index in [1.54, 1.807) is 24.4 Å². The fraction of sp³-hybridized carbons (Fsp3) is 0.586. The number of carbonyl (C=O) groups is 1. The second-order valence-electron chi connectivity index (χ2n) is 11.7. The van der Waals surface area contributed by atoms with Crippen molar-refractivity contribution in [2.75, 3.05) is 32.8 Å². The molecule has 3 atom stereocenters. The number of ether oxygens (including phenoxy) is 1. The number of amides is 1. The molecule has 1 saturated carbocycles. The summed E-state index contributed by atoms with van der Waals surface area (Å²) in [6.45, 7) is 1.75. The van der Waals surface area contributed by atoms with Crippen LogP contribution >= 0.6 is 0 Å². The maximum Gasteiger partial charge on any atom is 0.395 e. The minimum Gasteiger partial charge on any atom is -0.477 e. The molecule has 8 nitrogen and oxygen atoms in total. The topological polar surface area (TPSA) is 112 Å². The molecule has 4 N–H and O–H groups in total. The minimum absolute atomic E-state index is 0.000777. The Balaban J connectivity index is 1.12. The van der Waals surface area contributed by atoms with Gasteiger partial charge in [-0.2, -0.15) is 13.2 Å². The van der Waals surface area contributed by atoms with Crippen molar-refractivity contribution in [3.05, 3.63) is 47.9 Å². The van der Waals surface area contributed by atoms with Gasteiger partial charge in [-0.3, -0.25) is 9.69 Å². The molecule has 1 unspecified atom stereocenters. The maximum absolute atomic E-state index is 15.0. The molecular weight excluding hydrogens is 544 g/mol. The van der Waals surface area contributed by atoms with Crippen LogP contribution in [0.1, 0.15) is 50.3 Å². The van der Waals surface area contributed by atoms with Gasteiger partial charge in [-0.25, -0.2) is 9.37 Å². The molecular formula is C29H36F4N4O4. The summed E-state index contributed by atoms with van der Waals surface area (Å²) in [6, 6.07) is 6.85. The number of piperidine rings is 1. The molecule has 3 heterocycles. The Morgan fingerprint density at radius 3 is 2.44 bits per heavy atom. The molecule has 2 aromatic rings. The van der Waals surface area contributed by atoms with Gasteiger partial charge in [0.05, 0.1) is 24.2 Å². The van der Waals surface area contributed by atoms with Crippen LogP contribution in [0.2, 0.25) is 0 Å². The lowest BCUT2D eigenvalue weighted by Crippen LogP contribution is -2.53. The number of rotatable bonds is 9. The lowest BCUT2D eigenvalue weighted by atomic mass is 9.67. The number of nitrogens with zero attached hydrogens (tertiary/aromatic N) is 3. The summed E-state index contributed by atoms with van der Waals surface area (Å²) < 4.78 is 61.4. The number of β-amino-alcohol motifs (C(OH)–C–C–N with tert-alkyl or cyclic N) is 1. The molecule has 2 saturated heterocycles. The fourth-order valence-corrected chi connectivity index (χ4v) is 6.20. The van der Waals surface area contributed by atoms with Crippen LogP contribution in [-0.2, 0) is 4.79 Å². The molecule has 224 valence electrons. The van der Waals surface area contributed by atoms with Gasteiger partial charge in [0.25, 0.3) is 0 Å². The number of primary amides is 1. The molecule has 1 aliphatic carbocycles. The number of aliphatic hydroxyl groups is 2. The van der Waals surface area contributed by atoms with Crippen LogP contribution in [-0.4, -0.2) is 82.0 Å². The van der Waals surface area contributed by atoms with Crippen LogP contribution in [0.5, 0.6) is 5.88 Å². The molecule has 3 aliphatic rings. The minimum atomic E-state index is -4.15. The number of halogens is 4. The van der Waals surface area contributed by atoms with Crippen LogP contribution in [0.3, 0.4) is 0 Å². The lowest BCUT2D eigenvalue weighted by molar-refractivity contribution is -0.256. The van der Waals surface area contributed by atoms with Crippen molar-refractivity contribution in [2.24, 2.45) is 17.1 Å². The zero-order valence-electron chi connectivity index (χ0n) is 22.7. The molecule has 3 fully saturated rings. The molecule has 41 heavy (non-hydrogen) atoms. The number of pyridine rings is 1. The van der Waals surface area contributed by atoms with Gasteiger partial charge < -0.3 is 25.6 Å². The van der Waals surface area contributed by atoms with E-state index in [0.29, 0.717) is 43.1 Å². The first kappa shape index (κ1) is 29.7. The number of alkyl halides is 3. The van der Waals surface area contributed by atoms with Crippen LogP contribution in [0.25, 0.3) is 11.1 Å². The summed E-state index contributed by atoms with van der Waals surface area (Å²) >= 11 is 0. The summed E-state index contributed by atoms with van der Waals surface area (Å²) in [5.74, 6) is -0.738. The van der Waals surface area contributed by atoms with Gasteiger partial charge in [0.1, 0.15) is 12.0 Å². The predicted molar refractivity (Wildman–Crippen MR) is 142 cm³/mol. The van der Waals surface area contributed by atoms with Crippen molar-refractivity contribution >= 4 is 5.91 Å². The highest BCUT2D eigenvalue weighted by Crippen LogP contribution is 2.53. The van der Waals surface area contributed by atoms with Gasteiger partial charge in [-0.1, -0.05) is 18.6 Å². The maximum atomic E-state index is 15.0. The van der Waals surface area contributed by atoms with Crippen molar-refractivity contribution in [3.63, 3.8) is 0 Å². The van der Waals surface area contributed by atoms with E-state index in [2.05, 4.69) is 4.98 Å². The van der Waals surface area contributed by atoms with E-state index in [4.69, 9.17) is 10.5 Å². The SMILES string of the molecule is NC(=O)[C@@H]1C[C@@H](O)CN1C(O)c1ccc(-c2ccc(OCC3CCN(CC4(C(F)(F)F)CCC4)CC3)nc2)cc1F. The van der Waals surface area contributed by atoms with Crippen molar-refractivity contribution in [3.8, 4) is 17.0 Å². The quantitative estimate of drug-likeness (QED) is 0.389. The molecule has 1 amide bonds. The number of hydrogen-bond donors (Lipinski definition) is 3. The van der Waals surface area contributed by atoms with E-state index in [-0.39, 0.29) is 43.8 Å². The monoisotopic (exact) mass is 580 g/mol. The number of benzene rings is 1. The highest BCUT2D eigenvalue weighted by molar-refractivity contribution is 5.80. The Labute approximate surface area is 236 Å². The van der Waals surface area contributed by atoms with Crippen LogP contribution in [0, 0.1) is 17.2 Å². The van der Waals surface area contributed by atoms with Gasteiger partial charge >= 0.3 is 6.18 Å². The van der Waals surface area contributed by atoms with Crippen LogP contribution in [0.15, 0.2) is 36.5 Å². The van der Waals surface area contributed by atoms with Crippen LogP contribution < -0.4 is 10.5 Å². The first-order valence-corrected chi connectivity index (χ1v) is 14.0. The second kappa shape index (κ2) is 11.8. The lowest BCUT2D eigenvalue weighted by Gasteiger charge is -2.47. The van der Waals surface area contributed by atoms with E-state index in [1.807, 2.05) is 4.90 Å². The van der Waals surface area contributed by atoms with Gasteiger partial charge in [0.15, 0.2) is 0 Å². The average Bonchev–Trinajstić information content (AvgIpc) is 3.31. The highest BCUT2D eigenvalue weighted by Gasteiger charge is 2.58. The summed E-state index contributed by atoms with van der Waals surface area (Å²) in [5.41, 5.74) is 4.97. The third kappa shape index (κ3) is 6.35. The fourth-order valence-electron chi connectivity index (χ4n) is 6.20. The second-order valence-corrected chi connectivity index (χ2v) is 11.7. The number of nitrogens with two attached hydrogens (primary N) is 1.